The highest BCUT2D eigenvalue weighted by Gasteiger charge is 2.63. The van der Waals surface area contributed by atoms with Gasteiger partial charge in [-0.25, -0.2) is 0 Å². The number of fused-ring (bicyclic) bond motifs is 2. The van der Waals surface area contributed by atoms with E-state index in [1.807, 2.05) is 30.3 Å². The fraction of sp³-hybridized carbons (Fsp3) is 0.647. The van der Waals surface area contributed by atoms with Crippen molar-refractivity contribution in [2.24, 2.45) is 16.7 Å². The molecule has 1 aromatic carbocycles. The molecule has 1 aromatic rings. The Labute approximate surface area is 127 Å². The van der Waals surface area contributed by atoms with Gasteiger partial charge in [0, 0.05) is 7.11 Å². The summed E-state index contributed by atoms with van der Waals surface area (Å²) in [7, 11) is -1.75. The van der Waals surface area contributed by atoms with Crippen molar-refractivity contribution >= 4 is 12.9 Å². The van der Waals surface area contributed by atoms with E-state index in [0.717, 1.165) is 12.8 Å². The molecule has 2 aliphatic rings. The Balaban J connectivity index is 1.89. The molecule has 1 unspecified atom stereocenters. The SMILES string of the molecule is COP(=O)(O[C@@H]1C[C@@H]2CC[C@@]1(C)C2(C)C)c1ccccc1. The summed E-state index contributed by atoms with van der Waals surface area (Å²) in [6.45, 7) is 6.94. The zero-order valence-corrected chi connectivity index (χ0v) is 14.2. The highest BCUT2D eigenvalue weighted by molar-refractivity contribution is 7.62. The van der Waals surface area contributed by atoms with Gasteiger partial charge in [-0.05, 0) is 48.1 Å². The van der Waals surface area contributed by atoms with Crippen molar-refractivity contribution < 1.29 is 13.6 Å². The topological polar surface area (TPSA) is 35.5 Å². The first-order valence-electron chi connectivity index (χ1n) is 7.73. The first-order chi connectivity index (χ1) is 9.83. The first kappa shape index (κ1) is 15.3. The summed E-state index contributed by atoms with van der Waals surface area (Å²) in [6.07, 6.45) is 3.40. The van der Waals surface area contributed by atoms with E-state index in [2.05, 4.69) is 20.8 Å². The van der Waals surface area contributed by atoms with E-state index in [9.17, 15) is 4.57 Å². The molecule has 2 aliphatic carbocycles. The van der Waals surface area contributed by atoms with Crippen molar-refractivity contribution in [2.45, 2.75) is 46.1 Å². The van der Waals surface area contributed by atoms with E-state index in [0.29, 0.717) is 11.2 Å². The largest absolute Gasteiger partial charge is 0.361 e. The lowest BCUT2D eigenvalue weighted by Crippen LogP contribution is -2.37. The van der Waals surface area contributed by atoms with Gasteiger partial charge >= 0.3 is 7.60 Å². The van der Waals surface area contributed by atoms with E-state index in [1.165, 1.54) is 13.5 Å². The van der Waals surface area contributed by atoms with Crippen LogP contribution in [0.5, 0.6) is 0 Å². The van der Waals surface area contributed by atoms with Crippen molar-refractivity contribution in [3.05, 3.63) is 30.3 Å². The van der Waals surface area contributed by atoms with Gasteiger partial charge in [0.25, 0.3) is 0 Å². The van der Waals surface area contributed by atoms with E-state index < -0.39 is 7.60 Å². The summed E-state index contributed by atoms with van der Waals surface area (Å²) in [4.78, 5) is 0. The Morgan fingerprint density at radius 2 is 1.86 bits per heavy atom. The van der Waals surface area contributed by atoms with Crippen LogP contribution < -0.4 is 5.30 Å². The van der Waals surface area contributed by atoms with E-state index in [4.69, 9.17) is 9.05 Å². The number of benzene rings is 1. The van der Waals surface area contributed by atoms with Crippen molar-refractivity contribution in [2.75, 3.05) is 7.11 Å². The molecule has 2 bridgehead atoms. The molecule has 3 nitrogen and oxygen atoms in total. The van der Waals surface area contributed by atoms with Crippen LogP contribution in [0.2, 0.25) is 0 Å². The van der Waals surface area contributed by atoms with E-state index in [-0.39, 0.29) is 16.9 Å². The molecule has 4 atom stereocenters. The summed E-state index contributed by atoms with van der Waals surface area (Å²) in [5.41, 5.74) is 0.327. The highest BCUT2D eigenvalue weighted by Crippen LogP contribution is 2.68. The third kappa shape index (κ3) is 2.13. The third-order valence-electron chi connectivity index (χ3n) is 6.29. The summed E-state index contributed by atoms with van der Waals surface area (Å²) in [6, 6.07) is 9.30. The van der Waals surface area contributed by atoms with Gasteiger partial charge in [-0.3, -0.25) is 4.57 Å². The summed E-state index contributed by atoms with van der Waals surface area (Å²) in [5.74, 6) is 0.661. The minimum atomic E-state index is -3.23. The average molecular weight is 308 g/mol. The quantitative estimate of drug-likeness (QED) is 0.774. The maximum absolute atomic E-state index is 13.1. The second-order valence-corrected chi connectivity index (χ2v) is 9.31. The minimum absolute atomic E-state index is 0.0113. The smallest absolute Gasteiger partial charge is 0.309 e. The molecule has 21 heavy (non-hydrogen) atoms. The molecule has 0 amide bonds. The zero-order valence-electron chi connectivity index (χ0n) is 13.3. The highest BCUT2D eigenvalue weighted by atomic mass is 31.2. The predicted octanol–water partition coefficient (Wildman–Crippen LogP) is 4.38. The molecule has 0 spiro atoms. The molecule has 2 fully saturated rings. The lowest BCUT2D eigenvalue weighted by molar-refractivity contribution is 0.0229. The molecule has 2 saturated carbocycles. The zero-order chi connectivity index (χ0) is 15.3. The van der Waals surface area contributed by atoms with Crippen LogP contribution in [0.25, 0.3) is 0 Å². The Bertz CT molecular complexity index is 569. The Kier molecular flexibility index (Phi) is 3.59. The Hall–Kier alpha value is -0.630. The summed E-state index contributed by atoms with van der Waals surface area (Å²) in [5, 5.41) is 0.650. The third-order valence-corrected chi connectivity index (χ3v) is 8.24. The molecule has 0 aromatic heterocycles. The fourth-order valence-electron chi connectivity index (χ4n) is 4.28. The van der Waals surface area contributed by atoms with Gasteiger partial charge in [0.15, 0.2) is 0 Å². The molecule has 116 valence electrons. The van der Waals surface area contributed by atoms with Crippen LogP contribution in [0.15, 0.2) is 30.3 Å². The maximum Gasteiger partial charge on any atom is 0.361 e. The second-order valence-electron chi connectivity index (χ2n) is 7.22. The first-order valence-corrected chi connectivity index (χ1v) is 9.27. The van der Waals surface area contributed by atoms with Crippen molar-refractivity contribution in [1.82, 2.24) is 0 Å². The van der Waals surface area contributed by atoms with Gasteiger partial charge in [-0.15, -0.1) is 0 Å². The number of rotatable bonds is 4. The average Bonchev–Trinajstić information content (AvgIpc) is 2.81. The maximum atomic E-state index is 13.1. The molecule has 4 heteroatoms. The molecule has 3 rings (SSSR count). The van der Waals surface area contributed by atoms with Crippen LogP contribution >= 0.6 is 7.60 Å². The van der Waals surface area contributed by atoms with Crippen LogP contribution in [0, 0.1) is 16.7 Å². The Morgan fingerprint density at radius 1 is 1.19 bits per heavy atom. The molecule has 0 radical (unpaired) electrons. The predicted molar refractivity (Wildman–Crippen MR) is 84.8 cm³/mol. The van der Waals surface area contributed by atoms with Gasteiger partial charge in [0.1, 0.15) is 0 Å². The fourth-order valence-corrected chi connectivity index (χ4v) is 5.89. The van der Waals surface area contributed by atoms with Crippen LogP contribution in [-0.4, -0.2) is 13.2 Å². The van der Waals surface area contributed by atoms with Crippen LogP contribution in [0.1, 0.15) is 40.0 Å². The number of hydrogen-bond donors (Lipinski definition) is 0. The molecular weight excluding hydrogens is 283 g/mol. The summed E-state index contributed by atoms with van der Waals surface area (Å²) >= 11 is 0. The molecule has 0 saturated heterocycles. The lowest BCUT2D eigenvalue weighted by atomic mass is 9.70. The lowest BCUT2D eigenvalue weighted by Gasteiger charge is -2.39. The van der Waals surface area contributed by atoms with E-state index in [1.54, 1.807) is 0 Å². The van der Waals surface area contributed by atoms with Crippen molar-refractivity contribution in [3.8, 4) is 0 Å². The van der Waals surface area contributed by atoms with Crippen molar-refractivity contribution in [1.29, 1.82) is 0 Å². The monoisotopic (exact) mass is 308 g/mol. The Morgan fingerprint density at radius 3 is 2.33 bits per heavy atom. The van der Waals surface area contributed by atoms with Crippen LogP contribution in [0.3, 0.4) is 0 Å². The van der Waals surface area contributed by atoms with Gasteiger partial charge < -0.3 is 9.05 Å². The van der Waals surface area contributed by atoms with Gasteiger partial charge in [-0.1, -0.05) is 39.0 Å². The van der Waals surface area contributed by atoms with Crippen LogP contribution in [0.4, 0.5) is 0 Å². The molecule has 0 heterocycles. The number of hydrogen-bond acceptors (Lipinski definition) is 3. The summed E-state index contributed by atoms with van der Waals surface area (Å²) < 4.78 is 24.6. The van der Waals surface area contributed by atoms with Crippen molar-refractivity contribution in [3.63, 3.8) is 0 Å². The van der Waals surface area contributed by atoms with Gasteiger partial charge in [0.05, 0.1) is 11.4 Å². The van der Waals surface area contributed by atoms with Crippen LogP contribution in [-0.2, 0) is 13.6 Å². The van der Waals surface area contributed by atoms with Gasteiger partial charge in [-0.2, -0.15) is 0 Å². The second kappa shape index (κ2) is 4.94. The normalized spacial score (nSPS) is 36.6. The van der Waals surface area contributed by atoms with E-state index >= 15 is 0 Å². The standard InChI is InChI=1S/C17H25O3P/c1-16(2)13-10-11-17(16,3)15(12-13)20-21(18,19-4)14-8-6-5-7-9-14/h5-9,13,15H,10-12H2,1-4H3/t13-,15+,17+,21?/m0/s1. The molecular formula is C17H25O3P. The molecule has 0 N–H and O–H groups in total. The van der Waals surface area contributed by atoms with Gasteiger partial charge in [0.2, 0.25) is 0 Å². The molecule has 0 aliphatic heterocycles. The minimum Gasteiger partial charge on any atom is -0.309 e.